The summed E-state index contributed by atoms with van der Waals surface area (Å²) < 4.78 is 5.21. The number of aliphatic hydroxyl groups is 1. The molecule has 0 aliphatic heterocycles. The predicted molar refractivity (Wildman–Crippen MR) is 115 cm³/mol. The summed E-state index contributed by atoms with van der Waals surface area (Å²) in [4.78, 5) is 0. The third-order valence-electron chi connectivity index (χ3n) is 5.23. The second kappa shape index (κ2) is 20.6. The maximum absolute atomic E-state index is 9.39. The van der Waals surface area contributed by atoms with E-state index in [1.54, 1.807) is 7.11 Å². The highest BCUT2D eigenvalue weighted by molar-refractivity contribution is 7.80. The number of unbranched alkanes of at least 4 members (excludes halogenated alkanes) is 16. The number of ether oxygens (including phenoxy) is 1. The van der Waals surface area contributed by atoms with Crippen LogP contribution in [-0.2, 0) is 4.74 Å². The van der Waals surface area contributed by atoms with Crippen LogP contribution in [0.5, 0.6) is 0 Å². The molecule has 2 unspecified atom stereocenters. The molecule has 0 rings (SSSR count). The summed E-state index contributed by atoms with van der Waals surface area (Å²) in [5.41, 5.74) is -0.647. The molecule has 0 amide bonds. The van der Waals surface area contributed by atoms with Crippen molar-refractivity contribution in [2.24, 2.45) is 0 Å². The van der Waals surface area contributed by atoms with E-state index in [4.69, 9.17) is 4.74 Å². The molecule has 2 nitrogen and oxygen atoms in total. The van der Waals surface area contributed by atoms with Gasteiger partial charge in [-0.05, 0) is 6.42 Å². The lowest BCUT2D eigenvalue weighted by Crippen LogP contribution is -2.22. The lowest BCUT2D eigenvalue weighted by molar-refractivity contribution is 0.0257. The predicted octanol–water partition coefficient (Wildman–Crippen LogP) is 7.29. The number of methoxy groups -OCH3 is 1. The molecule has 1 N–H and O–H groups in total. The summed E-state index contributed by atoms with van der Waals surface area (Å²) in [6.07, 6.45) is 24.5. The summed E-state index contributed by atoms with van der Waals surface area (Å²) in [7, 11) is 1.65. The Labute approximate surface area is 163 Å². The lowest BCUT2D eigenvalue weighted by Gasteiger charge is -2.17. The van der Waals surface area contributed by atoms with Crippen molar-refractivity contribution in [3.05, 3.63) is 0 Å². The molecular formula is C22H46O2S. The van der Waals surface area contributed by atoms with Crippen molar-refractivity contribution < 1.29 is 9.84 Å². The smallest absolute Gasteiger partial charge is 0.123 e. The molecule has 0 saturated carbocycles. The molecule has 0 aliphatic carbocycles. The fourth-order valence-electron chi connectivity index (χ4n) is 3.46. The van der Waals surface area contributed by atoms with E-state index in [-0.39, 0.29) is 6.10 Å². The van der Waals surface area contributed by atoms with Crippen LogP contribution in [-0.4, -0.2) is 23.8 Å². The lowest BCUT2D eigenvalue weighted by atomic mass is 10.0. The highest BCUT2D eigenvalue weighted by Crippen LogP contribution is 2.16. The molecule has 0 heterocycles. The first-order chi connectivity index (χ1) is 12.2. The van der Waals surface area contributed by atoms with Crippen molar-refractivity contribution in [1.82, 2.24) is 0 Å². The minimum atomic E-state index is -0.647. The van der Waals surface area contributed by atoms with Crippen molar-refractivity contribution in [2.75, 3.05) is 7.11 Å². The average molecular weight is 375 g/mol. The quantitative estimate of drug-likeness (QED) is 0.133. The fraction of sp³-hybridized carbons (Fsp3) is 1.00. The SMILES string of the molecule is CCCCCCCCCCCCCCCCCCCC(OC)C(O)S. The minimum Gasteiger partial charge on any atom is -0.380 e. The molecule has 0 aromatic rings. The Kier molecular flexibility index (Phi) is 20.8. The van der Waals surface area contributed by atoms with E-state index in [1.165, 1.54) is 103 Å². The van der Waals surface area contributed by atoms with Gasteiger partial charge in [-0.25, -0.2) is 0 Å². The van der Waals surface area contributed by atoms with Gasteiger partial charge >= 0.3 is 0 Å². The Morgan fingerprint density at radius 2 is 0.960 bits per heavy atom. The first-order valence-electron chi connectivity index (χ1n) is 11.1. The van der Waals surface area contributed by atoms with Gasteiger partial charge < -0.3 is 9.84 Å². The van der Waals surface area contributed by atoms with Crippen molar-refractivity contribution in [2.45, 2.75) is 134 Å². The van der Waals surface area contributed by atoms with Gasteiger partial charge in [-0.2, -0.15) is 0 Å². The number of hydrogen-bond donors (Lipinski definition) is 2. The van der Waals surface area contributed by atoms with Crippen LogP contribution < -0.4 is 0 Å². The van der Waals surface area contributed by atoms with Gasteiger partial charge in [0.25, 0.3) is 0 Å². The third kappa shape index (κ3) is 18.8. The summed E-state index contributed by atoms with van der Waals surface area (Å²) in [6.45, 7) is 2.29. The van der Waals surface area contributed by atoms with Crippen LogP contribution in [0.4, 0.5) is 0 Å². The first kappa shape index (κ1) is 25.3. The summed E-state index contributed by atoms with van der Waals surface area (Å²) in [5, 5.41) is 9.39. The van der Waals surface area contributed by atoms with E-state index >= 15 is 0 Å². The van der Waals surface area contributed by atoms with Crippen molar-refractivity contribution in [1.29, 1.82) is 0 Å². The maximum Gasteiger partial charge on any atom is 0.123 e. The van der Waals surface area contributed by atoms with Crippen LogP contribution in [0.15, 0.2) is 0 Å². The highest BCUT2D eigenvalue weighted by Gasteiger charge is 2.13. The number of aliphatic hydroxyl groups excluding tert-OH is 1. The monoisotopic (exact) mass is 374 g/mol. The molecule has 0 aliphatic rings. The first-order valence-corrected chi connectivity index (χ1v) is 11.6. The van der Waals surface area contributed by atoms with Gasteiger partial charge in [0.2, 0.25) is 0 Å². The zero-order chi connectivity index (χ0) is 18.6. The van der Waals surface area contributed by atoms with Gasteiger partial charge in [-0.1, -0.05) is 116 Å². The number of rotatable bonds is 20. The van der Waals surface area contributed by atoms with Gasteiger partial charge in [0.1, 0.15) is 5.44 Å². The topological polar surface area (TPSA) is 29.5 Å². The Bertz CT molecular complexity index is 246. The Hall–Kier alpha value is 0.270. The van der Waals surface area contributed by atoms with E-state index in [0.717, 1.165) is 12.8 Å². The fourth-order valence-corrected chi connectivity index (χ4v) is 3.73. The zero-order valence-corrected chi connectivity index (χ0v) is 18.1. The highest BCUT2D eigenvalue weighted by atomic mass is 32.1. The van der Waals surface area contributed by atoms with E-state index in [1.807, 2.05) is 0 Å². The van der Waals surface area contributed by atoms with Gasteiger partial charge in [0.05, 0.1) is 6.10 Å². The molecule has 3 heteroatoms. The third-order valence-corrected chi connectivity index (χ3v) is 5.56. The summed E-state index contributed by atoms with van der Waals surface area (Å²) in [5.74, 6) is 0. The Balaban J connectivity index is 3.09. The Morgan fingerprint density at radius 1 is 0.640 bits per heavy atom. The van der Waals surface area contributed by atoms with Crippen LogP contribution in [0.25, 0.3) is 0 Å². The molecule has 0 radical (unpaired) electrons. The second-order valence-electron chi connectivity index (χ2n) is 7.63. The van der Waals surface area contributed by atoms with E-state index in [9.17, 15) is 5.11 Å². The van der Waals surface area contributed by atoms with E-state index in [0.29, 0.717) is 0 Å². The average Bonchev–Trinajstić information content (AvgIpc) is 2.60. The standard InChI is InChI=1S/C22H46O2S/c1-3-4-5-6-7-8-9-10-11-12-13-14-15-16-17-18-19-20-21(24-2)22(23)25/h21-23,25H,3-20H2,1-2H3. The zero-order valence-electron chi connectivity index (χ0n) is 17.2. The Morgan fingerprint density at radius 3 is 1.24 bits per heavy atom. The molecular weight excluding hydrogens is 328 g/mol. The van der Waals surface area contributed by atoms with Crippen LogP contribution in [0, 0.1) is 0 Å². The second-order valence-corrected chi connectivity index (χ2v) is 8.16. The van der Waals surface area contributed by atoms with Crippen LogP contribution in [0.3, 0.4) is 0 Å². The maximum atomic E-state index is 9.39. The van der Waals surface area contributed by atoms with Gasteiger partial charge in [-0.15, -0.1) is 12.6 Å². The molecule has 25 heavy (non-hydrogen) atoms. The van der Waals surface area contributed by atoms with Crippen molar-refractivity contribution in [3.8, 4) is 0 Å². The minimum absolute atomic E-state index is 0.111. The summed E-state index contributed by atoms with van der Waals surface area (Å²) in [6, 6.07) is 0. The molecule has 0 spiro atoms. The largest absolute Gasteiger partial charge is 0.380 e. The normalized spacial score (nSPS) is 13.9. The van der Waals surface area contributed by atoms with E-state index < -0.39 is 5.44 Å². The molecule has 152 valence electrons. The molecule has 0 aromatic carbocycles. The van der Waals surface area contributed by atoms with E-state index in [2.05, 4.69) is 19.6 Å². The van der Waals surface area contributed by atoms with Crippen LogP contribution in [0.1, 0.15) is 122 Å². The molecule has 0 saturated heterocycles. The molecule has 0 fully saturated rings. The van der Waals surface area contributed by atoms with Crippen molar-refractivity contribution in [3.63, 3.8) is 0 Å². The van der Waals surface area contributed by atoms with Crippen molar-refractivity contribution >= 4 is 12.6 Å². The summed E-state index contributed by atoms with van der Waals surface area (Å²) >= 11 is 4.04. The molecule has 0 bridgehead atoms. The molecule has 2 atom stereocenters. The van der Waals surface area contributed by atoms with Crippen LogP contribution >= 0.6 is 12.6 Å². The number of hydrogen-bond acceptors (Lipinski definition) is 3. The molecule has 0 aromatic heterocycles. The van der Waals surface area contributed by atoms with Crippen LogP contribution in [0.2, 0.25) is 0 Å². The van der Waals surface area contributed by atoms with Gasteiger partial charge in [-0.3, -0.25) is 0 Å². The van der Waals surface area contributed by atoms with Gasteiger partial charge in [0.15, 0.2) is 0 Å². The number of thiol groups is 1. The van der Waals surface area contributed by atoms with Gasteiger partial charge in [0, 0.05) is 7.11 Å².